The van der Waals surface area contributed by atoms with E-state index >= 15 is 0 Å². The molecule has 0 aliphatic carbocycles. The molecule has 2 rings (SSSR count). The van der Waals surface area contributed by atoms with Crippen LogP contribution in [-0.4, -0.2) is 23.1 Å². The summed E-state index contributed by atoms with van der Waals surface area (Å²) in [5.41, 5.74) is 8.20. The first kappa shape index (κ1) is 15.0. The highest BCUT2D eigenvalue weighted by atomic mass is 35.5. The fraction of sp³-hybridized carbons (Fsp3) is 0.400. The van der Waals surface area contributed by atoms with E-state index in [-0.39, 0.29) is 12.1 Å². The number of likely N-dealkylation sites (N-methyl/N-ethyl adjacent to an activating group) is 1. The van der Waals surface area contributed by atoms with Gasteiger partial charge in [-0.15, -0.1) is 0 Å². The van der Waals surface area contributed by atoms with Gasteiger partial charge in [0.15, 0.2) is 0 Å². The fourth-order valence-electron chi connectivity index (χ4n) is 2.47. The highest BCUT2D eigenvalue weighted by molar-refractivity contribution is 6.30. The minimum absolute atomic E-state index is 0.00539. The minimum atomic E-state index is -0.00539. The lowest BCUT2D eigenvalue weighted by Gasteiger charge is -2.30. The number of aromatic nitrogens is 1. The molecule has 0 bridgehead atoms. The summed E-state index contributed by atoms with van der Waals surface area (Å²) in [7, 11) is 2.03. The van der Waals surface area contributed by atoms with Crippen molar-refractivity contribution >= 4 is 11.6 Å². The van der Waals surface area contributed by atoms with Crippen LogP contribution in [0.25, 0.3) is 0 Å². The van der Waals surface area contributed by atoms with Gasteiger partial charge in [0.25, 0.3) is 0 Å². The Morgan fingerprint density at radius 3 is 2.50 bits per heavy atom. The third-order valence-corrected chi connectivity index (χ3v) is 3.52. The molecule has 0 spiro atoms. The van der Waals surface area contributed by atoms with Crippen molar-refractivity contribution in [1.82, 2.24) is 10.1 Å². The molecule has 0 aliphatic heterocycles. The van der Waals surface area contributed by atoms with Crippen LogP contribution in [0.3, 0.4) is 0 Å². The van der Waals surface area contributed by atoms with E-state index in [0.29, 0.717) is 6.54 Å². The number of hydrogen-bond acceptors (Lipinski definition) is 4. The third kappa shape index (κ3) is 3.60. The molecule has 20 heavy (non-hydrogen) atoms. The zero-order chi connectivity index (χ0) is 14.7. The van der Waals surface area contributed by atoms with Crippen LogP contribution in [-0.2, 0) is 6.54 Å². The van der Waals surface area contributed by atoms with Gasteiger partial charge in [0.05, 0.1) is 5.69 Å². The molecule has 2 N–H and O–H groups in total. The predicted octanol–water partition coefficient (Wildman–Crippen LogP) is 3.16. The summed E-state index contributed by atoms with van der Waals surface area (Å²) >= 11 is 5.94. The van der Waals surface area contributed by atoms with Gasteiger partial charge in [-0.25, -0.2) is 0 Å². The maximum Gasteiger partial charge on any atom is 0.133 e. The van der Waals surface area contributed by atoms with Crippen molar-refractivity contribution in [3.63, 3.8) is 0 Å². The Bertz CT molecular complexity index is 551. The van der Waals surface area contributed by atoms with Crippen LogP contribution in [0.1, 0.15) is 30.0 Å². The van der Waals surface area contributed by atoms with Gasteiger partial charge in [-0.1, -0.05) is 28.9 Å². The molecular formula is C15H20ClN3O. The molecule has 1 aromatic carbocycles. The monoisotopic (exact) mass is 293 g/mol. The van der Waals surface area contributed by atoms with Crippen molar-refractivity contribution in [2.45, 2.75) is 32.5 Å². The molecule has 0 fully saturated rings. The summed E-state index contributed by atoms with van der Waals surface area (Å²) in [6, 6.07) is 9.84. The standard InChI is InChI=1S/C15H20ClN3O/c1-10-8-14(18-20-10)9-19(3)15(11(2)17)12-4-6-13(16)7-5-12/h4-8,11,15H,9,17H2,1-3H3. The average molecular weight is 294 g/mol. The Kier molecular flexibility index (Phi) is 4.81. The second kappa shape index (κ2) is 6.39. The first-order chi connectivity index (χ1) is 9.47. The molecule has 0 saturated carbocycles. The minimum Gasteiger partial charge on any atom is -0.361 e. The van der Waals surface area contributed by atoms with Crippen LogP contribution in [0.2, 0.25) is 5.02 Å². The number of hydrogen-bond donors (Lipinski definition) is 1. The molecule has 1 heterocycles. The number of rotatable bonds is 5. The third-order valence-electron chi connectivity index (χ3n) is 3.27. The lowest BCUT2D eigenvalue weighted by Crippen LogP contribution is -2.37. The van der Waals surface area contributed by atoms with Crippen LogP contribution in [0.5, 0.6) is 0 Å². The zero-order valence-electron chi connectivity index (χ0n) is 12.0. The smallest absolute Gasteiger partial charge is 0.133 e. The highest BCUT2D eigenvalue weighted by Crippen LogP contribution is 2.25. The number of benzene rings is 1. The summed E-state index contributed by atoms with van der Waals surface area (Å²) in [5.74, 6) is 0.817. The number of nitrogens with zero attached hydrogens (tertiary/aromatic N) is 2. The summed E-state index contributed by atoms with van der Waals surface area (Å²) in [6.07, 6.45) is 0. The van der Waals surface area contributed by atoms with Crippen molar-refractivity contribution in [3.05, 3.63) is 52.4 Å². The number of halogens is 1. The maximum absolute atomic E-state index is 6.15. The maximum atomic E-state index is 6.15. The second-order valence-corrected chi connectivity index (χ2v) is 5.64. The first-order valence-electron chi connectivity index (χ1n) is 6.61. The largest absolute Gasteiger partial charge is 0.361 e. The van der Waals surface area contributed by atoms with Crippen LogP contribution in [0, 0.1) is 6.92 Å². The van der Waals surface area contributed by atoms with E-state index in [0.717, 1.165) is 22.0 Å². The normalized spacial score (nSPS) is 14.5. The van der Waals surface area contributed by atoms with E-state index in [9.17, 15) is 0 Å². The highest BCUT2D eigenvalue weighted by Gasteiger charge is 2.22. The lowest BCUT2D eigenvalue weighted by molar-refractivity contribution is 0.205. The van der Waals surface area contributed by atoms with Gasteiger partial charge in [0.2, 0.25) is 0 Å². The molecule has 0 aliphatic rings. The quantitative estimate of drug-likeness (QED) is 0.920. The van der Waals surface area contributed by atoms with Crippen molar-refractivity contribution in [3.8, 4) is 0 Å². The van der Waals surface area contributed by atoms with Crippen molar-refractivity contribution < 1.29 is 4.52 Å². The summed E-state index contributed by atoms with van der Waals surface area (Å²) in [5, 5.41) is 4.76. The fourth-order valence-corrected chi connectivity index (χ4v) is 2.59. The molecule has 0 saturated heterocycles. The number of nitrogens with two attached hydrogens (primary N) is 1. The van der Waals surface area contributed by atoms with Crippen molar-refractivity contribution in [2.75, 3.05) is 7.05 Å². The molecule has 4 nitrogen and oxygen atoms in total. The molecule has 5 heteroatoms. The summed E-state index contributed by atoms with van der Waals surface area (Å²) in [4.78, 5) is 2.17. The van der Waals surface area contributed by atoms with Crippen LogP contribution in [0.4, 0.5) is 0 Å². The average Bonchev–Trinajstić information content (AvgIpc) is 2.77. The van der Waals surface area contributed by atoms with Gasteiger partial charge >= 0.3 is 0 Å². The topological polar surface area (TPSA) is 55.3 Å². The van der Waals surface area contributed by atoms with E-state index in [1.807, 2.05) is 51.2 Å². The molecule has 2 atom stereocenters. The Balaban J connectivity index is 2.17. The molecular weight excluding hydrogens is 274 g/mol. The Labute approximate surface area is 124 Å². The summed E-state index contributed by atoms with van der Waals surface area (Å²) < 4.78 is 5.10. The van der Waals surface area contributed by atoms with Crippen LogP contribution < -0.4 is 5.73 Å². The first-order valence-corrected chi connectivity index (χ1v) is 6.98. The SMILES string of the molecule is Cc1cc(CN(C)C(c2ccc(Cl)cc2)C(C)N)no1. The predicted molar refractivity (Wildman–Crippen MR) is 80.5 cm³/mol. The van der Waals surface area contributed by atoms with Gasteiger partial charge < -0.3 is 10.3 Å². The van der Waals surface area contributed by atoms with Gasteiger partial charge in [-0.3, -0.25) is 4.90 Å². The molecule has 1 aromatic heterocycles. The van der Waals surface area contributed by atoms with E-state index in [4.69, 9.17) is 21.9 Å². The zero-order valence-corrected chi connectivity index (χ0v) is 12.8. The van der Waals surface area contributed by atoms with Crippen LogP contribution >= 0.6 is 11.6 Å². The van der Waals surface area contributed by atoms with Crippen molar-refractivity contribution in [1.29, 1.82) is 0 Å². The molecule has 2 unspecified atom stereocenters. The number of aryl methyl sites for hydroxylation is 1. The summed E-state index contributed by atoms with van der Waals surface area (Å²) in [6.45, 7) is 4.58. The Morgan fingerprint density at radius 1 is 1.35 bits per heavy atom. The van der Waals surface area contributed by atoms with E-state index in [2.05, 4.69) is 10.1 Å². The van der Waals surface area contributed by atoms with Gasteiger partial charge in [0.1, 0.15) is 5.76 Å². The van der Waals surface area contributed by atoms with E-state index in [1.54, 1.807) is 0 Å². The molecule has 0 amide bonds. The lowest BCUT2D eigenvalue weighted by atomic mass is 9.99. The van der Waals surface area contributed by atoms with Gasteiger partial charge in [0, 0.05) is 29.7 Å². The molecule has 2 aromatic rings. The van der Waals surface area contributed by atoms with Crippen molar-refractivity contribution in [2.24, 2.45) is 5.73 Å². The van der Waals surface area contributed by atoms with Crippen LogP contribution in [0.15, 0.2) is 34.9 Å². The molecule has 0 radical (unpaired) electrons. The van der Waals surface area contributed by atoms with Gasteiger partial charge in [-0.2, -0.15) is 0 Å². The van der Waals surface area contributed by atoms with E-state index in [1.165, 1.54) is 0 Å². The second-order valence-electron chi connectivity index (χ2n) is 5.20. The van der Waals surface area contributed by atoms with Gasteiger partial charge in [-0.05, 0) is 38.6 Å². The Hall–Kier alpha value is -1.36. The Morgan fingerprint density at radius 2 is 2.00 bits per heavy atom. The van der Waals surface area contributed by atoms with E-state index < -0.39 is 0 Å². The molecule has 108 valence electrons.